The Morgan fingerprint density at radius 3 is 2.12 bits per heavy atom. The molecule has 8 atom stereocenters. The minimum absolute atomic E-state index is 0.0477. The van der Waals surface area contributed by atoms with Crippen LogP contribution in [0.3, 0.4) is 0 Å². The van der Waals surface area contributed by atoms with Crippen molar-refractivity contribution in [2.24, 2.45) is 16.7 Å². The number of carbonyl (C=O) groups is 2. The second kappa shape index (κ2) is 7.94. The van der Waals surface area contributed by atoms with Crippen molar-refractivity contribution in [1.82, 2.24) is 0 Å². The predicted molar refractivity (Wildman–Crippen MR) is 115 cm³/mol. The number of esters is 2. The highest BCUT2D eigenvalue weighted by atomic mass is 16.6. The smallest absolute Gasteiger partial charge is 0.303 e. The van der Waals surface area contributed by atoms with Gasteiger partial charge in [-0.2, -0.15) is 0 Å². The molecular weight excluding hydrogens is 416 g/mol. The lowest BCUT2D eigenvalue weighted by Crippen LogP contribution is -2.59. The molecule has 2 saturated carbocycles. The summed E-state index contributed by atoms with van der Waals surface area (Å²) in [6.45, 7) is 13.3. The molecule has 8 heteroatoms. The van der Waals surface area contributed by atoms with E-state index in [1.165, 1.54) is 13.8 Å². The van der Waals surface area contributed by atoms with E-state index in [9.17, 15) is 30.0 Å². The van der Waals surface area contributed by atoms with E-state index >= 15 is 0 Å². The monoisotopic (exact) mass is 452 g/mol. The molecule has 0 saturated heterocycles. The first-order valence-electron chi connectivity index (χ1n) is 11.1. The first kappa shape index (κ1) is 24.9. The van der Waals surface area contributed by atoms with Gasteiger partial charge in [0.05, 0.1) is 23.2 Å². The quantitative estimate of drug-likeness (QED) is 0.373. The number of aliphatic hydroxyl groups excluding tert-OH is 3. The average molecular weight is 453 g/mol. The molecule has 0 aromatic carbocycles. The van der Waals surface area contributed by atoms with E-state index in [0.717, 1.165) is 0 Å². The SMILES string of the molecule is C=C1[C@H]2C[C@]3(C(C)(C)O)C[C@H](O)C(C)=C3[C@@H](O)[C@H](OC(C)=O)[C@]2(C)[C@@H](OC(C)=O)C[C@@H]1O. The van der Waals surface area contributed by atoms with Crippen LogP contribution in [0.15, 0.2) is 23.3 Å². The molecule has 0 unspecified atom stereocenters. The molecule has 0 amide bonds. The summed E-state index contributed by atoms with van der Waals surface area (Å²) in [5, 5.41) is 44.6. The Hall–Kier alpha value is -1.74. The van der Waals surface area contributed by atoms with Crippen molar-refractivity contribution in [3.63, 3.8) is 0 Å². The molecule has 2 fully saturated rings. The molecular formula is C24H36O8. The fourth-order valence-corrected chi connectivity index (χ4v) is 6.47. The topological polar surface area (TPSA) is 134 Å². The van der Waals surface area contributed by atoms with E-state index in [1.54, 1.807) is 27.7 Å². The molecule has 0 spiro atoms. The van der Waals surface area contributed by atoms with E-state index < -0.39 is 64.8 Å². The largest absolute Gasteiger partial charge is 0.462 e. The van der Waals surface area contributed by atoms with Crippen LogP contribution in [-0.2, 0) is 19.1 Å². The van der Waals surface area contributed by atoms with Crippen molar-refractivity contribution in [2.75, 3.05) is 0 Å². The molecule has 0 heterocycles. The summed E-state index contributed by atoms with van der Waals surface area (Å²) < 4.78 is 11.3. The van der Waals surface area contributed by atoms with E-state index in [0.29, 0.717) is 16.7 Å². The van der Waals surface area contributed by atoms with Gasteiger partial charge in [0.1, 0.15) is 18.3 Å². The van der Waals surface area contributed by atoms with Crippen molar-refractivity contribution >= 4 is 11.9 Å². The Kier molecular flexibility index (Phi) is 6.17. The van der Waals surface area contributed by atoms with Crippen molar-refractivity contribution in [3.8, 4) is 0 Å². The number of hydrogen-bond acceptors (Lipinski definition) is 8. The number of rotatable bonds is 3. The van der Waals surface area contributed by atoms with Crippen LogP contribution in [0, 0.1) is 16.7 Å². The molecule has 180 valence electrons. The molecule has 0 radical (unpaired) electrons. The number of hydrogen-bond donors (Lipinski definition) is 4. The van der Waals surface area contributed by atoms with Gasteiger partial charge in [0.2, 0.25) is 0 Å². The third-order valence-electron chi connectivity index (χ3n) is 8.26. The van der Waals surface area contributed by atoms with Crippen LogP contribution in [-0.4, -0.2) is 68.5 Å². The van der Waals surface area contributed by atoms with Crippen molar-refractivity contribution < 1.29 is 39.5 Å². The Morgan fingerprint density at radius 2 is 1.62 bits per heavy atom. The summed E-state index contributed by atoms with van der Waals surface area (Å²) >= 11 is 0. The van der Waals surface area contributed by atoms with Gasteiger partial charge in [0.25, 0.3) is 0 Å². The van der Waals surface area contributed by atoms with Crippen molar-refractivity contribution in [3.05, 3.63) is 23.3 Å². The van der Waals surface area contributed by atoms with Gasteiger partial charge in [0.15, 0.2) is 0 Å². The summed E-state index contributed by atoms with van der Waals surface area (Å²) in [6.07, 6.45) is -4.82. The number of aliphatic hydroxyl groups is 4. The lowest BCUT2D eigenvalue weighted by molar-refractivity contribution is -0.195. The predicted octanol–water partition coefficient (Wildman–Crippen LogP) is 1.40. The zero-order valence-electron chi connectivity index (χ0n) is 19.7. The normalized spacial score (nSPS) is 42.1. The van der Waals surface area contributed by atoms with Gasteiger partial charge < -0.3 is 29.9 Å². The van der Waals surface area contributed by atoms with Gasteiger partial charge in [-0.3, -0.25) is 9.59 Å². The molecule has 3 rings (SSSR count). The number of ether oxygens (including phenoxy) is 2. The van der Waals surface area contributed by atoms with E-state index in [1.807, 2.05) is 0 Å². The van der Waals surface area contributed by atoms with Crippen LogP contribution in [0.5, 0.6) is 0 Å². The van der Waals surface area contributed by atoms with Crippen LogP contribution in [0.4, 0.5) is 0 Å². The van der Waals surface area contributed by atoms with Crippen LogP contribution in [0.2, 0.25) is 0 Å². The summed E-state index contributed by atoms with van der Waals surface area (Å²) in [5.41, 5.74) is -2.15. The summed E-state index contributed by atoms with van der Waals surface area (Å²) in [7, 11) is 0. The van der Waals surface area contributed by atoms with Gasteiger partial charge in [0, 0.05) is 25.7 Å². The van der Waals surface area contributed by atoms with E-state index in [4.69, 9.17) is 9.47 Å². The van der Waals surface area contributed by atoms with Crippen LogP contribution in [0.25, 0.3) is 0 Å². The Labute approximate surface area is 188 Å². The Morgan fingerprint density at radius 1 is 1.06 bits per heavy atom. The van der Waals surface area contributed by atoms with Crippen LogP contribution < -0.4 is 0 Å². The summed E-state index contributed by atoms with van der Waals surface area (Å²) in [5.74, 6) is -1.77. The van der Waals surface area contributed by atoms with Gasteiger partial charge in [-0.25, -0.2) is 0 Å². The van der Waals surface area contributed by atoms with Gasteiger partial charge in [-0.1, -0.05) is 13.5 Å². The zero-order valence-corrected chi connectivity index (χ0v) is 19.7. The van der Waals surface area contributed by atoms with Gasteiger partial charge >= 0.3 is 11.9 Å². The minimum Gasteiger partial charge on any atom is -0.462 e. The molecule has 0 aliphatic heterocycles. The molecule has 0 bridgehead atoms. The molecule has 4 N–H and O–H groups in total. The Balaban J connectivity index is 2.33. The molecule has 3 aliphatic rings. The molecule has 3 aliphatic carbocycles. The first-order chi connectivity index (χ1) is 14.6. The van der Waals surface area contributed by atoms with Crippen LogP contribution in [0.1, 0.15) is 60.8 Å². The molecule has 32 heavy (non-hydrogen) atoms. The lowest BCUT2D eigenvalue weighted by atomic mass is 9.56. The second-order valence-corrected chi connectivity index (χ2v) is 10.5. The molecule has 8 nitrogen and oxygen atoms in total. The van der Waals surface area contributed by atoms with Gasteiger partial charge in [-0.05, 0) is 56.3 Å². The molecule has 0 aromatic rings. The fraction of sp³-hybridized carbons (Fsp3) is 0.750. The standard InChI is InChI=1S/C24H36O8/c1-11-15-9-24(22(5,6)30)10-17(28)12(2)19(24)20(29)21(32-14(4)26)23(15,7)18(8-16(11)27)31-13(3)25/h15-18,20-21,27-30H,1,8-10H2,2-7H3/t15-,16+,17+,18+,20-,21+,23+,24+/m1/s1. The van der Waals surface area contributed by atoms with Crippen molar-refractivity contribution in [2.45, 2.75) is 96.9 Å². The third kappa shape index (κ3) is 3.52. The average Bonchev–Trinajstić information content (AvgIpc) is 2.86. The lowest BCUT2D eigenvalue weighted by Gasteiger charge is -2.53. The molecule has 0 aromatic heterocycles. The zero-order chi connectivity index (χ0) is 24.4. The second-order valence-electron chi connectivity index (χ2n) is 10.5. The minimum atomic E-state index is -1.37. The first-order valence-corrected chi connectivity index (χ1v) is 11.1. The fourth-order valence-electron chi connectivity index (χ4n) is 6.47. The number of fused-ring (bicyclic) bond motifs is 2. The maximum atomic E-state index is 12.1. The summed E-state index contributed by atoms with van der Waals surface area (Å²) in [6, 6.07) is 0. The van der Waals surface area contributed by atoms with Crippen LogP contribution >= 0.6 is 0 Å². The van der Waals surface area contributed by atoms with Crippen molar-refractivity contribution in [1.29, 1.82) is 0 Å². The maximum Gasteiger partial charge on any atom is 0.303 e. The highest BCUT2D eigenvalue weighted by molar-refractivity contribution is 5.67. The van der Waals surface area contributed by atoms with Gasteiger partial charge in [-0.15, -0.1) is 0 Å². The van der Waals surface area contributed by atoms with E-state index in [2.05, 4.69) is 6.58 Å². The highest BCUT2D eigenvalue weighted by Crippen LogP contribution is 2.64. The number of carbonyl (C=O) groups excluding carboxylic acids is 2. The van der Waals surface area contributed by atoms with E-state index in [-0.39, 0.29) is 19.3 Å². The third-order valence-corrected chi connectivity index (χ3v) is 8.26. The Bertz CT molecular complexity index is 855. The highest BCUT2D eigenvalue weighted by Gasteiger charge is 2.67. The summed E-state index contributed by atoms with van der Waals surface area (Å²) in [4.78, 5) is 24.1. The maximum absolute atomic E-state index is 12.1.